The lowest BCUT2D eigenvalue weighted by Crippen LogP contribution is -2.29. The van der Waals surface area contributed by atoms with Crippen LogP contribution in [-0.2, 0) is 32.7 Å². The van der Waals surface area contributed by atoms with Gasteiger partial charge in [0.05, 0.1) is 13.2 Å². The molecule has 2 atom stereocenters. The van der Waals surface area contributed by atoms with Crippen molar-refractivity contribution in [2.24, 2.45) is 5.73 Å². The van der Waals surface area contributed by atoms with Crippen molar-refractivity contribution in [3.63, 3.8) is 0 Å². The molecule has 0 aromatic rings. The maximum absolute atomic E-state index is 12.6. The van der Waals surface area contributed by atoms with Crippen molar-refractivity contribution in [2.75, 3.05) is 26.4 Å². The van der Waals surface area contributed by atoms with Crippen LogP contribution in [0.4, 0.5) is 0 Å². The third-order valence-corrected chi connectivity index (χ3v) is 10.4. The highest BCUT2D eigenvalue weighted by Gasteiger charge is 2.26. The van der Waals surface area contributed by atoms with Crippen LogP contribution in [0.25, 0.3) is 0 Å². The van der Waals surface area contributed by atoms with Gasteiger partial charge in [-0.25, -0.2) is 4.57 Å². The van der Waals surface area contributed by atoms with E-state index in [9.17, 15) is 19.0 Å². The fourth-order valence-electron chi connectivity index (χ4n) is 5.79. The van der Waals surface area contributed by atoms with Crippen LogP contribution in [0.1, 0.15) is 155 Å². The first-order chi connectivity index (χ1) is 32.8. The zero-order chi connectivity index (χ0) is 48.8. The van der Waals surface area contributed by atoms with Gasteiger partial charge in [0.2, 0.25) is 0 Å². The van der Waals surface area contributed by atoms with Gasteiger partial charge in [-0.05, 0) is 122 Å². The third kappa shape index (κ3) is 50.9. The van der Waals surface area contributed by atoms with E-state index in [0.29, 0.717) is 12.8 Å². The molecule has 0 radical (unpaired) electrons. The fraction of sp³-hybridized carbons (Fsp3) is 0.509. The van der Waals surface area contributed by atoms with Gasteiger partial charge in [-0.15, -0.1) is 0 Å². The van der Waals surface area contributed by atoms with Crippen LogP contribution in [0.2, 0.25) is 0 Å². The van der Waals surface area contributed by atoms with E-state index in [4.69, 9.17) is 24.3 Å². The number of hydrogen-bond acceptors (Lipinski definition) is 8. The molecule has 0 aliphatic heterocycles. The third-order valence-electron chi connectivity index (χ3n) is 9.41. The Morgan fingerprint density at radius 1 is 0.448 bits per heavy atom. The number of phosphoric acid groups is 1. The number of phosphoric ester groups is 1. The Labute approximate surface area is 407 Å². The van der Waals surface area contributed by atoms with Crippen LogP contribution in [0, 0.1) is 0 Å². The predicted octanol–water partition coefficient (Wildman–Crippen LogP) is 15.4. The van der Waals surface area contributed by atoms with Crippen molar-refractivity contribution in [1.29, 1.82) is 0 Å². The highest BCUT2D eigenvalue weighted by atomic mass is 31.2. The molecule has 0 rings (SSSR count). The highest BCUT2D eigenvalue weighted by Crippen LogP contribution is 2.43. The second kappa shape index (κ2) is 51.0. The van der Waals surface area contributed by atoms with Gasteiger partial charge in [0, 0.05) is 19.4 Å². The minimum atomic E-state index is -4.41. The van der Waals surface area contributed by atoms with E-state index in [0.717, 1.165) is 116 Å². The number of unbranched alkanes of at least 4 members (excludes halogenated alkanes) is 5. The van der Waals surface area contributed by atoms with Crippen LogP contribution < -0.4 is 5.73 Å². The van der Waals surface area contributed by atoms with Crippen molar-refractivity contribution < 1.29 is 37.6 Å². The molecule has 0 saturated carbocycles. The summed E-state index contributed by atoms with van der Waals surface area (Å²) in [7, 11) is -4.41. The normalized spacial score (nSPS) is 14.5. The van der Waals surface area contributed by atoms with E-state index in [1.165, 1.54) is 0 Å². The first-order valence-corrected chi connectivity index (χ1v) is 26.5. The Balaban J connectivity index is 4.20. The number of carbonyl (C=O) groups excluding carboxylic acids is 2. The largest absolute Gasteiger partial charge is 0.472 e. The smallest absolute Gasteiger partial charge is 0.462 e. The summed E-state index contributed by atoms with van der Waals surface area (Å²) in [6, 6.07) is 0. The van der Waals surface area contributed by atoms with Crippen LogP contribution in [-0.4, -0.2) is 49.3 Å². The monoisotopic (exact) mass is 946 g/mol. The zero-order valence-electron chi connectivity index (χ0n) is 41.3. The standard InChI is InChI=1S/C57H88NO8P/c1-3-5-7-9-11-13-15-17-18-19-20-21-22-23-24-25-26-27-28-29-30-31-32-33-34-35-36-38-40-42-44-46-48-50-57(60)66-55(54-65-67(61,62)64-52-51-58)53-63-56(59)49-47-45-43-41-39-37-16-14-12-10-8-6-4-2/h5-8,11-14,17-18,20-21,23-24,26-27,29-30,32-33,35-37,39-40,42,55H,3-4,9-10,15-16,19,22,25,28,31,34,38,41,43-54,58H2,1-2H3,(H,61,62)/b7-5-,8-6-,13-11-,14-12-,18-17-,21-20-,24-23-,27-26-,30-29-,33-32-,36-35-,39-37-,42-40-. The number of hydrogen-bond donors (Lipinski definition) is 2. The van der Waals surface area contributed by atoms with Crippen LogP contribution in [0.5, 0.6) is 0 Å². The second-order valence-corrected chi connectivity index (χ2v) is 17.0. The molecule has 0 saturated heterocycles. The molecule has 67 heavy (non-hydrogen) atoms. The molecule has 374 valence electrons. The molecule has 3 N–H and O–H groups in total. The molecule has 0 aliphatic carbocycles. The predicted molar refractivity (Wildman–Crippen MR) is 283 cm³/mol. The summed E-state index contributed by atoms with van der Waals surface area (Å²) in [5.41, 5.74) is 5.35. The first kappa shape index (κ1) is 62.6. The minimum absolute atomic E-state index is 0.0323. The molecule has 9 nitrogen and oxygen atoms in total. The van der Waals surface area contributed by atoms with E-state index in [1.807, 2.05) is 0 Å². The van der Waals surface area contributed by atoms with Gasteiger partial charge in [-0.2, -0.15) is 0 Å². The molecule has 0 heterocycles. The molecule has 10 heteroatoms. The lowest BCUT2D eigenvalue weighted by molar-refractivity contribution is -0.161. The number of ether oxygens (including phenoxy) is 2. The summed E-state index contributed by atoms with van der Waals surface area (Å²) < 4.78 is 32.7. The van der Waals surface area contributed by atoms with Crippen molar-refractivity contribution >= 4 is 19.8 Å². The van der Waals surface area contributed by atoms with Gasteiger partial charge in [0.15, 0.2) is 6.10 Å². The maximum Gasteiger partial charge on any atom is 0.472 e. The van der Waals surface area contributed by atoms with Gasteiger partial charge >= 0.3 is 19.8 Å². The number of esters is 2. The number of carbonyl (C=O) groups is 2. The number of allylic oxidation sites excluding steroid dienone is 26. The lowest BCUT2D eigenvalue weighted by atomic mass is 10.1. The van der Waals surface area contributed by atoms with E-state index in [2.05, 4.69) is 172 Å². The molecule has 0 aromatic carbocycles. The topological polar surface area (TPSA) is 134 Å². The van der Waals surface area contributed by atoms with Crippen molar-refractivity contribution in [3.8, 4) is 0 Å². The van der Waals surface area contributed by atoms with E-state index >= 15 is 0 Å². The molecule has 0 bridgehead atoms. The SMILES string of the molecule is CC/C=C\C/C=C\C/C=C\C/C=C\C/C=C\C/C=C\C/C=C\C/C=C\C/C=C\C/C=C\CCCCC(=O)OC(COC(=O)CCCCC/C=C\C/C=C\C/C=C\CC)COP(=O)(O)OCCN. The Bertz CT molecular complexity index is 1640. The van der Waals surface area contributed by atoms with Crippen LogP contribution in [0.3, 0.4) is 0 Å². The molecule has 0 aliphatic rings. The average molecular weight is 946 g/mol. The van der Waals surface area contributed by atoms with E-state index < -0.39 is 32.5 Å². The molecular weight excluding hydrogens is 858 g/mol. The van der Waals surface area contributed by atoms with Gasteiger partial charge in [0.25, 0.3) is 0 Å². The molecular formula is C57H88NO8P. The Morgan fingerprint density at radius 3 is 1.15 bits per heavy atom. The van der Waals surface area contributed by atoms with Crippen molar-refractivity contribution in [3.05, 3.63) is 158 Å². The fourth-order valence-corrected chi connectivity index (χ4v) is 6.56. The van der Waals surface area contributed by atoms with Crippen molar-refractivity contribution in [2.45, 2.75) is 161 Å². The summed E-state index contributed by atoms with van der Waals surface area (Å²) in [6.07, 6.45) is 74.4. The molecule has 0 amide bonds. The quantitative estimate of drug-likeness (QED) is 0.0265. The summed E-state index contributed by atoms with van der Waals surface area (Å²) in [5, 5.41) is 0. The minimum Gasteiger partial charge on any atom is -0.462 e. The average Bonchev–Trinajstić information content (AvgIpc) is 3.32. The summed E-state index contributed by atoms with van der Waals surface area (Å²) in [6.45, 7) is 3.37. The van der Waals surface area contributed by atoms with E-state index in [-0.39, 0.29) is 32.6 Å². The molecule has 0 spiro atoms. The zero-order valence-corrected chi connectivity index (χ0v) is 42.2. The number of rotatable bonds is 44. The Kier molecular flexibility index (Phi) is 47.7. The second-order valence-electron chi connectivity index (χ2n) is 15.6. The first-order valence-electron chi connectivity index (χ1n) is 25.0. The van der Waals surface area contributed by atoms with Gasteiger partial charge in [-0.3, -0.25) is 18.6 Å². The van der Waals surface area contributed by atoms with E-state index in [1.54, 1.807) is 0 Å². The summed E-state index contributed by atoms with van der Waals surface area (Å²) in [5.74, 6) is -0.933. The summed E-state index contributed by atoms with van der Waals surface area (Å²) >= 11 is 0. The molecule has 0 fully saturated rings. The van der Waals surface area contributed by atoms with Gasteiger partial charge < -0.3 is 20.1 Å². The van der Waals surface area contributed by atoms with Gasteiger partial charge in [-0.1, -0.05) is 178 Å². The lowest BCUT2D eigenvalue weighted by Gasteiger charge is -2.19. The van der Waals surface area contributed by atoms with Crippen molar-refractivity contribution in [1.82, 2.24) is 0 Å². The number of nitrogens with two attached hydrogens (primary N) is 1. The summed E-state index contributed by atoms with van der Waals surface area (Å²) in [4.78, 5) is 34.9. The maximum atomic E-state index is 12.6. The van der Waals surface area contributed by atoms with Crippen LogP contribution >= 0.6 is 7.82 Å². The molecule has 2 unspecified atom stereocenters. The Hall–Kier alpha value is -4.37. The highest BCUT2D eigenvalue weighted by molar-refractivity contribution is 7.47. The van der Waals surface area contributed by atoms with Crippen LogP contribution in [0.15, 0.2) is 158 Å². The molecule has 0 aromatic heterocycles. The van der Waals surface area contributed by atoms with Gasteiger partial charge in [0.1, 0.15) is 6.61 Å². The Morgan fingerprint density at radius 2 is 0.776 bits per heavy atom.